The molecule has 18 heavy (non-hydrogen) atoms. The van der Waals surface area contributed by atoms with E-state index < -0.39 is 11.7 Å². The fourth-order valence-corrected chi connectivity index (χ4v) is 2.00. The zero-order chi connectivity index (χ0) is 13.1. The summed E-state index contributed by atoms with van der Waals surface area (Å²) >= 11 is 3.15. The molecular weight excluding hydrogens is 303 g/mol. The minimum Gasteiger partial charge on any atom is -0.342 e. The number of rotatable bonds is 3. The molecule has 1 atom stereocenters. The van der Waals surface area contributed by atoms with E-state index >= 15 is 0 Å². The quantitative estimate of drug-likeness (QED) is 0.912. The Morgan fingerprint density at radius 3 is 2.94 bits per heavy atom. The number of carbonyl (C=O) groups is 1. The predicted octanol–water partition coefficient (Wildman–Crippen LogP) is 2.20. The van der Waals surface area contributed by atoms with Gasteiger partial charge in [-0.25, -0.2) is 9.37 Å². The Labute approximate surface area is 111 Å². The van der Waals surface area contributed by atoms with E-state index in [-0.39, 0.29) is 11.6 Å². The van der Waals surface area contributed by atoms with Crippen molar-refractivity contribution >= 4 is 21.8 Å². The summed E-state index contributed by atoms with van der Waals surface area (Å²) < 4.78 is 14.0. The number of carbonyl (C=O) groups excluding carboxylic acids is 1. The maximum atomic E-state index is 13.6. The SMILES string of the molecule is CC(NC(=O)c1c(F)cccc1Br)c1ncn[nH]1. The zero-order valence-electron chi connectivity index (χ0n) is 9.45. The molecule has 2 N–H and O–H groups in total. The smallest absolute Gasteiger partial charge is 0.255 e. The maximum absolute atomic E-state index is 13.6. The maximum Gasteiger partial charge on any atom is 0.255 e. The minimum absolute atomic E-state index is 0.0242. The number of hydrogen-bond donors (Lipinski definition) is 2. The molecule has 2 rings (SSSR count). The molecule has 7 heteroatoms. The van der Waals surface area contributed by atoms with Crippen LogP contribution in [0, 0.1) is 5.82 Å². The molecule has 1 aromatic heterocycles. The van der Waals surface area contributed by atoms with Gasteiger partial charge >= 0.3 is 0 Å². The van der Waals surface area contributed by atoms with Gasteiger partial charge in [0, 0.05) is 4.47 Å². The molecule has 1 heterocycles. The molecule has 0 spiro atoms. The van der Waals surface area contributed by atoms with Crippen LogP contribution in [0.1, 0.15) is 29.1 Å². The molecule has 1 amide bonds. The highest BCUT2D eigenvalue weighted by Crippen LogP contribution is 2.20. The van der Waals surface area contributed by atoms with Crippen LogP contribution in [0.3, 0.4) is 0 Å². The summed E-state index contributed by atoms with van der Waals surface area (Å²) in [4.78, 5) is 15.9. The van der Waals surface area contributed by atoms with Crippen LogP contribution in [0.25, 0.3) is 0 Å². The summed E-state index contributed by atoms with van der Waals surface area (Å²) in [6, 6.07) is 3.98. The van der Waals surface area contributed by atoms with Gasteiger partial charge in [0.05, 0.1) is 11.6 Å². The fraction of sp³-hybridized carbons (Fsp3) is 0.182. The van der Waals surface area contributed by atoms with Gasteiger partial charge in [-0.1, -0.05) is 6.07 Å². The number of benzene rings is 1. The van der Waals surface area contributed by atoms with E-state index in [4.69, 9.17) is 0 Å². The van der Waals surface area contributed by atoms with Crippen LogP contribution < -0.4 is 5.32 Å². The molecule has 0 aliphatic carbocycles. The first-order valence-electron chi connectivity index (χ1n) is 5.19. The number of nitrogens with one attached hydrogen (secondary N) is 2. The lowest BCUT2D eigenvalue weighted by Gasteiger charge is -2.12. The lowest BCUT2D eigenvalue weighted by molar-refractivity contribution is 0.0933. The number of aromatic amines is 1. The van der Waals surface area contributed by atoms with E-state index in [1.165, 1.54) is 18.5 Å². The Morgan fingerprint density at radius 1 is 1.56 bits per heavy atom. The monoisotopic (exact) mass is 312 g/mol. The largest absolute Gasteiger partial charge is 0.342 e. The number of H-pyrrole nitrogens is 1. The summed E-state index contributed by atoms with van der Waals surface area (Å²) in [5, 5.41) is 8.97. The Kier molecular flexibility index (Phi) is 3.71. The second kappa shape index (κ2) is 5.26. The van der Waals surface area contributed by atoms with E-state index in [1.54, 1.807) is 13.0 Å². The van der Waals surface area contributed by atoms with Crippen molar-refractivity contribution in [2.24, 2.45) is 0 Å². The number of halogens is 2. The van der Waals surface area contributed by atoms with E-state index in [9.17, 15) is 9.18 Å². The van der Waals surface area contributed by atoms with Crippen LogP contribution in [0.15, 0.2) is 29.0 Å². The number of hydrogen-bond acceptors (Lipinski definition) is 3. The molecule has 2 aromatic rings. The van der Waals surface area contributed by atoms with Crippen molar-refractivity contribution in [3.63, 3.8) is 0 Å². The lowest BCUT2D eigenvalue weighted by atomic mass is 10.2. The zero-order valence-corrected chi connectivity index (χ0v) is 11.0. The Hall–Kier alpha value is -1.76. The molecular formula is C11H10BrFN4O. The van der Waals surface area contributed by atoms with Crippen molar-refractivity contribution in [3.8, 4) is 0 Å². The molecule has 0 bridgehead atoms. The summed E-state index contributed by atoms with van der Waals surface area (Å²) in [5.41, 5.74) is -0.0242. The van der Waals surface area contributed by atoms with Gasteiger partial charge in [-0.05, 0) is 35.0 Å². The normalized spacial score (nSPS) is 12.2. The summed E-state index contributed by atoms with van der Waals surface area (Å²) in [6.07, 6.45) is 1.34. The summed E-state index contributed by atoms with van der Waals surface area (Å²) in [5.74, 6) is -0.577. The standard InChI is InChI=1S/C11H10BrFN4O/c1-6(10-14-5-15-17-10)16-11(18)9-7(12)3-2-4-8(9)13/h2-6H,1H3,(H,16,18)(H,14,15,17). The average Bonchev–Trinajstić information content (AvgIpc) is 2.81. The van der Waals surface area contributed by atoms with Gasteiger partial charge in [-0.2, -0.15) is 5.10 Å². The number of aromatic nitrogens is 3. The Bertz CT molecular complexity index is 538. The van der Waals surface area contributed by atoms with Gasteiger partial charge in [0.2, 0.25) is 0 Å². The highest BCUT2D eigenvalue weighted by molar-refractivity contribution is 9.10. The molecule has 0 aliphatic rings. The van der Waals surface area contributed by atoms with Gasteiger partial charge in [-0.15, -0.1) is 0 Å². The fourth-order valence-electron chi connectivity index (χ4n) is 1.48. The first-order valence-corrected chi connectivity index (χ1v) is 5.99. The molecule has 94 valence electrons. The summed E-state index contributed by atoms with van der Waals surface area (Å²) in [6.45, 7) is 1.73. The second-order valence-electron chi connectivity index (χ2n) is 3.66. The van der Waals surface area contributed by atoms with Crippen molar-refractivity contribution in [2.75, 3.05) is 0 Å². The molecule has 1 aromatic carbocycles. The highest BCUT2D eigenvalue weighted by atomic mass is 79.9. The highest BCUT2D eigenvalue weighted by Gasteiger charge is 2.18. The van der Waals surface area contributed by atoms with Crippen molar-refractivity contribution in [2.45, 2.75) is 13.0 Å². The molecule has 0 aliphatic heterocycles. The van der Waals surface area contributed by atoms with Crippen LogP contribution in [0.2, 0.25) is 0 Å². The Balaban J connectivity index is 2.18. The van der Waals surface area contributed by atoms with Crippen LogP contribution in [-0.4, -0.2) is 21.1 Å². The van der Waals surface area contributed by atoms with E-state index in [0.29, 0.717) is 10.3 Å². The van der Waals surface area contributed by atoms with Crippen LogP contribution in [0.5, 0.6) is 0 Å². The molecule has 0 saturated heterocycles. The molecule has 5 nitrogen and oxygen atoms in total. The Morgan fingerprint density at radius 2 is 2.33 bits per heavy atom. The number of nitrogens with zero attached hydrogens (tertiary/aromatic N) is 2. The minimum atomic E-state index is -0.577. The van der Waals surface area contributed by atoms with E-state index in [1.807, 2.05) is 0 Å². The molecule has 0 fully saturated rings. The average molecular weight is 313 g/mol. The first-order chi connectivity index (χ1) is 8.59. The van der Waals surface area contributed by atoms with Crippen LogP contribution >= 0.6 is 15.9 Å². The number of amides is 1. The predicted molar refractivity (Wildman–Crippen MR) is 66.4 cm³/mol. The topological polar surface area (TPSA) is 70.7 Å². The van der Waals surface area contributed by atoms with Crippen molar-refractivity contribution in [1.82, 2.24) is 20.5 Å². The van der Waals surface area contributed by atoms with Gasteiger partial charge in [0.15, 0.2) is 0 Å². The lowest BCUT2D eigenvalue weighted by Crippen LogP contribution is -2.28. The van der Waals surface area contributed by atoms with Gasteiger partial charge in [0.1, 0.15) is 18.0 Å². The van der Waals surface area contributed by atoms with Gasteiger partial charge in [0.25, 0.3) is 5.91 Å². The third-order valence-electron chi connectivity index (χ3n) is 2.38. The van der Waals surface area contributed by atoms with Crippen molar-refractivity contribution in [1.29, 1.82) is 0 Å². The molecule has 0 radical (unpaired) electrons. The summed E-state index contributed by atoms with van der Waals surface area (Å²) in [7, 11) is 0. The van der Waals surface area contributed by atoms with Crippen LogP contribution in [-0.2, 0) is 0 Å². The van der Waals surface area contributed by atoms with Crippen molar-refractivity contribution in [3.05, 3.63) is 46.2 Å². The van der Waals surface area contributed by atoms with Crippen molar-refractivity contribution < 1.29 is 9.18 Å². The van der Waals surface area contributed by atoms with Crippen LogP contribution in [0.4, 0.5) is 4.39 Å². The third kappa shape index (κ3) is 2.56. The first kappa shape index (κ1) is 12.7. The van der Waals surface area contributed by atoms with Gasteiger partial charge in [-0.3, -0.25) is 9.89 Å². The van der Waals surface area contributed by atoms with E-state index in [2.05, 4.69) is 36.4 Å². The second-order valence-corrected chi connectivity index (χ2v) is 4.52. The molecule has 0 saturated carbocycles. The van der Waals surface area contributed by atoms with E-state index in [0.717, 1.165) is 0 Å². The molecule has 1 unspecified atom stereocenters. The van der Waals surface area contributed by atoms with Gasteiger partial charge < -0.3 is 5.32 Å². The third-order valence-corrected chi connectivity index (χ3v) is 3.04.